The number of anilines is 2. The second-order valence-electron chi connectivity index (χ2n) is 6.00. The van der Waals surface area contributed by atoms with Gasteiger partial charge in [-0.2, -0.15) is 0 Å². The van der Waals surface area contributed by atoms with Crippen LogP contribution in [-0.4, -0.2) is 9.97 Å². The standard InChI is InChI=1S/C21H15BrClN3OS/c1-2-13-4-3-5-14(8-13)11-27-18-7-6-15(9-17(18)23)26-20-16-10-19(22)28-21(16)25-12-24-20/h2-10,12H,1,11H2,(H,24,25,26). The highest BCUT2D eigenvalue weighted by Gasteiger charge is 2.09. The van der Waals surface area contributed by atoms with E-state index in [0.29, 0.717) is 17.4 Å². The van der Waals surface area contributed by atoms with Crippen molar-refractivity contribution in [3.05, 3.63) is 81.4 Å². The normalized spacial score (nSPS) is 10.8. The Hall–Kier alpha value is -2.41. The molecule has 4 aromatic rings. The summed E-state index contributed by atoms with van der Waals surface area (Å²) in [4.78, 5) is 9.54. The average molecular weight is 473 g/mol. The molecule has 4 rings (SSSR count). The van der Waals surface area contributed by atoms with E-state index in [1.54, 1.807) is 17.7 Å². The fourth-order valence-electron chi connectivity index (χ4n) is 2.73. The van der Waals surface area contributed by atoms with E-state index in [9.17, 15) is 0 Å². The van der Waals surface area contributed by atoms with Crippen molar-refractivity contribution in [3.63, 3.8) is 0 Å². The molecule has 1 N–H and O–H groups in total. The number of nitrogens with zero attached hydrogens (tertiary/aromatic N) is 2. The van der Waals surface area contributed by atoms with Crippen molar-refractivity contribution in [2.45, 2.75) is 6.61 Å². The summed E-state index contributed by atoms with van der Waals surface area (Å²) in [5.74, 6) is 1.36. The van der Waals surface area contributed by atoms with Crippen molar-refractivity contribution < 1.29 is 4.74 Å². The summed E-state index contributed by atoms with van der Waals surface area (Å²) in [7, 11) is 0. The number of benzene rings is 2. The lowest BCUT2D eigenvalue weighted by molar-refractivity contribution is 0.306. The summed E-state index contributed by atoms with van der Waals surface area (Å²) in [5.41, 5.74) is 2.94. The summed E-state index contributed by atoms with van der Waals surface area (Å²) in [6.45, 7) is 4.22. The molecule has 2 aromatic carbocycles. The molecule has 28 heavy (non-hydrogen) atoms. The number of nitrogens with one attached hydrogen (secondary N) is 1. The molecule has 0 atom stereocenters. The van der Waals surface area contributed by atoms with Crippen LogP contribution in [-0.2, 0) is 6.61 Å². The lowest BCUT2D eigenvalue weighted by Crippen LogP contribution is -1.98. The zero-order valence-electron chi connectivity index (χ0n) is 14.7. The molecule has 0 aliphatic heterocycles. The maximum absolute atomic E-state index is 6.42. The predicted molar refractivity (Wildman–Crippen MR) is 121 cm³/mol. The molecule has 0 saturated heterocycles. The number of ether oxygens (including phenoxy) is 1. The van der Waals surface area contributed by atoms with Crippen LogP contribution in [0.3, 0.4) is 0 Å². The predicted octanol–water partition coefficient (Wildman–Crippen LogP) is 7.07. The Balaban J connectivity index is 1.50. The Morgan fingerprint density at radius 2 is 2.07 bits per heavy atom. The number of aromatic nitrogens is 2. The second-order valence-corrected chi connectivity index (χ2v) is 8.82. The lowest BCUT2D eigenvalue weighted by atomic mass is 10.1. The molecule has 0 unspecified atom stereocenters. The van der Waals surface area contributed by atoms with E-state index in [4.69, 9.17) is 16.3 Å². The first-order valence-electron chi connectivity index (χ1n) is 8.43. The number of thiophene rings is 1. The van der Waals surface area contributed by atoms with Crippen molar-refractivity contribution in [1.82, 2.24) is 9.97 Å². The molecular weight excluding hydrogens is 458 g/mol. The first-order chi connectivity index (χ1) is 13.6. The third kappa shape index (κ3) is 4.19. The van der Waals surface area contributed by atoms with Crippen molar-refractivity contribution in [1.29, 1.82) is 0 Å². The van der Waals surface area contributed by atoms with Gasteiger partial charge in [-0.05, 0) is 57.4 Å². The van der Waals surface area contributed by atoms with Gasteiger partial charge in [0.25, 0.3) is 0 Å². The van der Waals surface area contributed by atoms with Crippen molar-refractivity contribution >= 4 is 66.7 Å². The molecule has 0 saturated carbocycles. The van der Waals surface area contributed by atoms with Crippen LogP contribution in [0.4, 0.5) is 11.5 Å². The van der Waals surface area contributed by atoms with Crippen LogP contribution >= 0.6 is 38.9 Å². The molecule has 0 amide bonds. The van der Waals surface area contributed by atoms with Gasteiger partial charge < -0.3 is 10.1 Å². The van der Waals surface area contributed by atoms with Gasteiger partial charge in [-0.3, -0.25) is 0 Å². The number of rotatable bonds is 6. The van der Waals surface area contributed by atoms with Gasteiger partial charge in [0.1, 0.15) is 29.3 Å². The first kappa shape index (κ1) is 18.9. The summed E-state index contributed by atoms with van der Waals surface area (Å²) in [5, 5.41) is 4.79. The van der Waals surface area contributed by atoms with Crippen molar-refractivity contribution in [3.8, 4) is 5.75 Å². The van der Waals surface area contributed by atoms with Crippen LogP contribution in [0.15, 0.2) is 65.2 Å². The fourth-order valence-corrected chi connectivity index (χ4v) is 4.38. The molecule has 0 bridgehead atoms. The molecule has 0 aliphatic rings. The Kier molecular flexibility index (Phi) is 5.62. The van der Waals surface area contributed by atoms with Crippen LogP contribution in [0.1, 0.15) is 11.1 Å². The van der Waals surface area contributed by atoms with Crippen LogP contribution in [0.25, 0.3) is 16.3 Å². The molecule has 4 nitrogen and oxygen atoms in total. The summed E-state index contributed by atoms with van der Waals surface area (Å²) in [6.07, 6.45) is 3.36. The Morgan fingerprint density at radius 3 is 2.89 bits per heavy atom. The minimum atomic E-state index is 0.434. The Morgan fingerprint density at radius 1 is 1.18 bits per heavy atom. The third-order valence-electron chi connectivity index (χ3n) is 4.08. The fraction of sp³-hybridized carbons (Fsp3) is 0.0476. The van der Waals surface area contributed by atoms with Crippen LogP contribution in [0, 0.1) is 0 Å². The molecule has 2 aromatic heterocycles. The maximum Gasteiger partial charge on any atom is 0.142 e. The lowest BCUT2D eigenvalue weighted by Gasteiger charge is -2.11. The van der Waals surface area contributed by atoms with Crippen LogP contribution < -0.4 is 10.1 Å². The Bertz CT molecular complexity index is 1160. The van der Waals surface area contributed by atoms with E-state index in [2.05, 4.69) is 37.8 Å². The zero-order chi connectivity index (χ0) is 19.5. The van der Waals surface area contributed by atoms with Crippen molar-refractivity contribution in [2.24, 2.45) is 0 Å². The van der Waals surface area contributed by atoms with Gasteiger partial charge in [-0.15, -0.1) is 11.3 Å². The minimum Gasteiger partial charge on any atom is -0.487 e. The van der Waals surface area contributed by atoms with E-state index in [0.717, 1.165) is 36.6 Å². The van der Waals surface area contributed by atoms with Gasteiger partial charge in [-0.1, -0.05) is 42.5 Å². The highest BCUT2D eigenvalue weighted by atomic mass is 79.9. The summed E-state index contributed by atoms with van der Waals surface area (Å²) in [6, 6.07) is 15.6. The molecule has 0 radical (unpaired) electrons. The number of fused-ring (bicyclic) bond motifs is 1. The van der Waals surface area contributed by atoms with Gasteiger partial charge in [0, 0.05) is 5.69 Å². The average Bonchev–Trinajstić information content (AvgIpc) is 3.09. The highest BCUT2D eigenvalue weighted by molar-refractivity contribution is 9.11. The van der Waals surface area contributed by atoms with E-state index in [1.165, 1.54) is 0 Å². The SMILES string of the molecule is C=Cc1cccc(COc2ccc(Nc3ncnc4sc(Br)cc34)cc2Cl)c1. The first-order valence-corrected chi connectivity index (χ1v) is 10.4. The van der Waals surface area contributed by atoms with Gasteiger partial charge in [0.05, 0.1) is 14.2 Å². The molecule has 2 heterocycles. The Labute approximate surface area is 180 Å². The molecule has 7 heteroatoms. The molecule has 0 aliphatic carbocycles. The minimum absolute atomic E-state index is 0.434. The molecule has 140 valence electrons. The smallest absolute Gasteiger partial charge is 0.142 e. The largest absolute Gasteiger partial charge is 0.487 e. The summed E-state index contributed by atoms with van der Waals surface area (Å²) < 4.78 is 6.88. The monoisotopic (exact) mass is 471 g/mol. The number of hydrogen-bond acceptors (Lipinski definition) is 5. The quantitative estimate of drug-likeness (QED) is 0.326. The maximum atomic E-state index is 6.42. The van der Waals surface area contributed by atoms with Crippen LogP contribution in [0.2, 0.25) is 5.02 Å². The van der Waals surface area contributed by atoms with Gasteiger partial charge in [0.2, 0.25) is 0 Å². The van der Waals surface area contributed by atoms with Gasteiger partial charge in [-0.25, -0.2) is 9.97 Å². The summed E-state index contributed by atoms with van der Waals surface area (Å²) >= 11 is 11.5. The highest BCUT2D eigenvalue weighted by Crippen LogP contribution is 2.34. The molecule has 0 spiro atoms. The van der Waals surface area contributed by atoms with E-state index < -0.39 is 0 Å². The van der Waals surface area contributed by atoms with Gasteiger partial charge >= 0.3 is 0 Å². The van der Waals surface area contributed by atoms with Gasteiger partial charge in [0.15, 0.2) is 0 Å². The van der Waals surface area contributed by atoms with E-state index in [-0.39, 0.29) is 0 Å². The number of hydrogen-bond donors (Lipinski definition) is 1. The van der Waals surface area contributed by atoms with E-state index in [1.807, 2.05) is 54.6 Å². The van der Waals surface area contributed by atoms with Crippen LogP contribution in [0.5, 0.6) is 5.75 Å². The molecular formula is C21H15BrClN3OS. The molecule has 0 fully saturated rings. The zero-order valence-corrected chi connectivity index (χ0v) is 17.8. The third-order valence-corrected chi connectivity index (χ3v) is 5.92. The van der Waals surface area contributed by atoms with Crippen molar-refractivity contribution in [2.75, 3.05) is 5.32 Å². The topological polar surface area (TPSA) is 47.0 Å². The van der Waals surface area contributed by atoms with E-state index >= 15 is 0 Å². The number of halogens is 2. The second kappa shape index (κ2) is 8.31.